The molecule has 0 unspecified atom stereocenters. The van der Waals surface area contributed by atoms with Gasteiger partial charge in [0.25, 0.3) is 0 Å². The molecule has 0 aliphatic carbocycles. The summed E-state index contributed by atoms with van der Waals surface area (Å²) in [5.41, 5.74) is 4.94. The molecule has 4 heteroatoms. The summed E-state index contributed by atoms with van der Waals surface area (Å²) in [6, 6.07) is 29.2. The molecule has 0 radical (unpaired) electrons. The SMILES string of the molecule is CC(=O)NCCc1cccc2ccc(OCCCCOc3ccc(-c4ccccc4C)cc3)cc12. The maximum atomic E-state index is 11.2. The summed E-state index contributed by atoms with van der Waals surface area (Å²) in [7, 11) is 0. The Morgan fingerprint density at radius 3 is 2.26 bits per heavy atom. The Morgan fingerprint density at radius 1 is 0.800 bits per heavy atom. The Balaban J connectivity index is 1.22. The van der Waals surface area contributed by atoms with Crippen molar-refractivity contribution < 1.29 is 14.3 Å². The van der Waals surface area contributed by atoms with E-state index in [1.165, 1.54) is 33.0 Å². The second kappa shape index (κ2) is 12.1. The monoisotopic (exact) mass is 467 g/mol. The Labute approximate surface area is 207 Å². The van der Waals surface area contributed by atoms with Gasteiger partial charge in [-0.15, -0.1) is 0 Å². The zero-order valence-electron chi connectivity index (χ0n) is 20.6. The fourth-order valence-corrected chi connectivity index (χ4v) is 4.21. The minimum Gasteiger partial charge on any atom is -0.494 e. The number of amides is 1. The van der Waals surface area contributed by atoms with Crippen LogP contribution in [0.15, 0.2) is 84.9 Å². The van der Waals surface area contributed by atoms with Gasteiger partial charge in [0.05, 0.1) is 13.2 Å². The van der Waals surface area contributed by atoms with Gasteiger partial charge in [-0.1, -0.05) is 60.7 Å². The van der Waals surface area contributed by atoms with Crippen LogP contribution < -0.4 is 14.8 Å². The summed E-state index contributed by atoms with van der Waals surface area (Å²) >= 11 is 0. The molecular formula is C31H33NO3. The fraction of sp³-hybridized carbons (Fsp3) is 0.258. The lowest BCUT2D eigenvalue weighted by molar-refractivity contribution is -0.118. The molecule has 0 aliphatic rings. The molecular weight excluding hydrogens is 434 g/mol. The number of nitrogens with one attached hydrogen (secondary N) is 1. The number of fused-ring (bicyclic) bond motifs is 1. The molecule has 4 rings (SSSR count). The summed E-state index contributed by atoms with van der Waals surface area (Å²) in [5, 5.41) is 5.22. The standard InChI is InChI=1S/C31H33NO3/c1-23-8-3-4-11-30(23)27-12-15-28(16-13-27)34-20-5-6-21-35-29-17-14-25-9-7-10-26(31(25)22-29)18-19-32-24(2)33/h3-4,7-17,22H,5-6,18-21H2,1-2H3,(H,32,33). The van der Waals surface area contributed by atoms with E-state index in [0.717, 1.165) is 30.8 Å². The first-order chi connectivity index (χ1) is 17.1. The maximum Gasteiger partial charge on any atom is 0.216 e. The first kappa shape index (κ1) is 24.3. The van der Waals surface area contributed by atoms with Crippen LogP contribution >= 0.6 is 0 Å². The van der Waals surface area contributed by atoms with Crippen molar-refractivity contribution in [1.29, 1.82) is 0 Å². The van der Waals surface area contributed by atoms with Crippen molar-refractivity contribution >= 4 is 16.7 Å². The second-order valence-corrected chi connectivity index (χ2v) is 8.78. The van der Waals surface area contributed by atoms with E-state index in [4.69, 9.17) is 9.47 Å². The van der Waals surface area contributed by atoms with Crippen LogP contribution in [0.1, 0.15) is 30.9 Å². The van der Waals surface area contributed by atoms with E-state index in [9.17, 15) is 4.79 Å². The molecule has 0 atom stereocenters. The first-order valence-corrected chi connectivity index (χ1v) is 12.3. The summed E-state index contributed by atoms with van der Waals surface area (Å²) in [5.74, 6) is 1.76. The molecule has 0 saturated carbocycles. The Morgan fingerprint density at radius 2 is 1.51 bits per heavy atom. The van der Waals surface area contributed by atoms with Gasteiger partial charge in [-0.25, -0.2) is 0 Å². The Kier molecular flexibility index (Phi) is 8.39. The van der Waals surface area contributed by atoms with Crippen molar-refractivity contribution in [3.8, 4) is 22.6 Å². The number of aryl methyl sites for hydroxylation is 1. The minimum absolute atomic E-state index is 0.00230. The zero-order valence-corrected chi connectivity index (χ0v) is 20.6. The van der Waals surface area contributed by atoms with Gasteiger partial charge in [-0.2, -0.15) is 0 Å². The Hall–Kier alpha value is -3.79. The summed E-state index contributed by atoms with van der Waals surface area (Å²) in [4.78, 5) is 11.2. The van der Waals surface area contributed by atoms with Gasteiger partial charge in [-0.05, 0) is 83.5 Å². The van der Waals surface area contributed by atoms with Crippen LogP contribution in [0.3, 0.4) is 0 Å². The lowest BCUT2D eigenvalue weighted by Crippen LogP contribution is -2.22. The predicted molar refractivity (Wildman–Crippen MR) is 143 cm³/mol. The lowest BCUT2D eigenvalue weighted by atomic mass is 10.0. The van der Waals surface area contributed by atoms with E-state index >= 15 is 0 Å². The van der Waals surface area contributed by atoms with Crippen molar-refractivity contribution in [1.82, 2.24) is 5.32 Å². The van der Waals surface area contributed by atoms with Crippen molar-refractivity contribution in [2.45, 2.75) is 33.1 Å². The number of hydrogen-bond acceptors (Lipinski definition) is 3. The molecule has 0 spiro atoms. The first-order valence-electron chi connectivity index (χ1n) is 12.3. The lowest BCUT2D eigenvalue weighted by Gasteiger charge is -2.11. The predicted octanol–water partition coefficient (Wildman–Crippen LogP) is 6.73. The summed E-state index contributed by atoms with van der Waals surface area (Å²) in [6.45, 7) is 5.62. The van der Waals surface area contributed by atoms with Crippen molar-refractivity contribution in [3.63, 3.8) is 0 Å². The van der Waals surface area contributed by atoms with Gasteiger partial charge >= 0.3 is 0 Å². The van der Waals surface area contributed by atoms with Crippen LogP contribution in [0.25, 0.3) is 21.9 Å². The number of carbonyl (C=O) groups is 1. The number of benzene rings is 4. The smallest absolute Gasteiger partial charge is 0.216 e. The molecule has 1 amide bonds. The fourth-order valence-electron chi connectivity index (χ4n) is 4.21. The van der Waals surface area contributed by atoms with Crippen molar-refractivity contribution in [3.05, 3.63) is 96.1 Å². The molecule has 0 bridgehead atoms. The zero-order chi connectivity index (χ0) is 24.5. The van der Waals surface area contributed by atoms with Crippen LogP contribution in [0.4, 0.5) is 0 Å². The molecule has 0 fully saturated rings. The van der Waals surface area contributed by atoms with E-state index in [2.05, 4.69) is 79.0 Å². The molecule has 35 heavy (non-hydrogen) atoms. The van der Waals surface area contributed by atoms with E-state index in [-0.39, 0.29) is 5.91 Å². The molecule has 0 saturated heterocycles. The van der Waals surface area contributed by atoms with Gasteiger partial charge in [0.2, 0.25) is 5.91 Å². The van der Waals surface area contributed by atoms with Gasteiger partial charge < -0.3 is 14.8 Å². The van der Waals surface area contributed by atoms with E-state index in [1.807, 2.05) is 18.2 Å². The third-order valence-corrected chi connectivity index (χ3v) is 6.10. The van der Waals surface area contributed by atoms with Gasteiger partial charge in [0, 0.05) is 13.5 Å². The van der Waals surface area contributed by atoms with Crippen LogP contribution in [-0.2, 0) is 11.2 Å². The number of carbonyl (C=O) groups excluding carboxylic acids is 1. The highest BCUT2D eigenvalue weighted by atomic mass is 16.5. The molecule has 1 N–H and O–H groups in total. The second-order valence-electron chi connectivity index (χ2n) is 8.78. The van der Waals surface area contributed by atoms with E-state index < -0.39 is 0 Å². The molecule has 180 valence electrons. The average Bonchev–Trinajstić information content (AvgIpc) is 2.87. The molecule has 0 aromatic heterocycles. The normalized spacial score (nSPS) is 10.8. The number of ether oxygens (including phenoxy) is 2. The Bertz CT molecular complexity index is 1260. The minimum atomic E-state index is -0.00230. The van der Waals surface area contributed by atoms with Crippen molar-refractivity contribution in [2.75, 3.05) is 19.8 Å². The maximum absolute atomic E-state index is 11.2. The molecule has 0 aliphatic heterocycles. The van der Waals surface area contributed by atoms with Crippen molar-refractivity contribution in [2.24, 2.45) is 0 Å². The van der Waals surface area contributed by atoms with E-state index in [1.54, 1.807) is 6.92 Å². The van der Waals surface area contributed by atoms with Crippen LogP contribution in [0.2, 0.25) is 0 Å². The molecule has 4 nitrogen and oxygen atoms in total. The van der Waals surface area contributed by atoms with Crippen LogP contribution in [0.5, 0.6) is 11.5 Å². The topological polar surface area (TPSA) is 47.6 Å². The highest BCUT2D eigenvalue weighted by Crippen LogP contribution is 2.26. The van der Waals surface area contributed by atoms with Crippen LogP contribution in [-0.4, -0.2) is 25.7 Å². The number of unbranched alkanes of at least 4 members (excludes halogenated alkanes) is 1. The highest BCUT2D eigenvalue weighted by Gasteiger charge is 2.05. The van der Waals surface area contributed by atoms with Gasteiger partial charge in [0.15, 0.2) is 0 Å². The van der Waals surface area contributed by atoms with Crippen LogP contribution in [0, 0.1) is 6.92 Å². The van der Waals surface area contributed by atoms with Gasteiger partial charge in [-0.3, -0.25) is 4.79 Å². The third kappa shape index (κ3) is 6.86. The largest absolute Gasteiger partial charge is 0.494 e. The summed E-state index contributed by atoms with van der Waals surface area (Å²) in [6.07, 6.45) is 2.64. The molecule has 4 aromatic carbocycles. The van der Waals surface area contributed by atoms with Gasteiger partial charge in [0.1, 0.15) is 11.5 Å². The quantitative estimate of drug-likeness (QED) is 0.249. The summed E-state index contributed by atoms with van der Waals surface area (Å²) < 4.78 is 11.9. The van der Waals surface area contributed by atoms with E-state index in [0.29, 0.717) is 19.8 Å². The third-order valence-electron chi connectivity index (χ3n) is 6.10. The highest BCUT2D eigenvalue weighted by molar-refractivity contribution is 5.87. The number of rotatable bonds is 11. The molecule has 0 heterocycles. The molecule has 4 aromatic rings. The average molecular weight is 468 g/mol. The number of hydrogen-bond donors (Lipinski definition) is 1.